The Morgan fingerprint density at radius 2 is 1.29 bits per heavy atom. The van der Waals surface area contributed by atoms with Gasteiger partial charge in [-0.05, 0) is 36.3 Å². The molecule has 3 amide bonds. The second-order valence-corrected chi connectivity index (χ2v) is 12.7. The van der Waals surface area contributed by atoms with E-state index in [2.05, 4.69) is 22.9 Å². The number of amides is 3. The summed E-state index contributed by atoms with van der Waals surface area (Å²) >= 11 is 0. The normalized spacial score (nSPS) is 23.0. The summed E-state index contributed by atoms with van der Waals surface area (Å²) in [6.45, 7) is 9.61. The van der Waals surface area contributed by atoms with Crippen LogP contribution in [-0.2, 0) is 23.9 Å². The minimum atomic E-state index is -1.02. The second-order valence-electron chi connectivity index (χ2n) is 12.7. The number of hydrogen-bond donors (Lipinski definition) is 3. The molecule has 1 aliphatic rings. The van der Waals surface area contributed by atoms with Crippen LogP contribution in [0.4, 0.5) is 0 Å². The number of cyclic esters (lactones) is 1. The van der Waals surface area contributed by atoms with Gasteiger partial charge in [0.2, 0.25) is 17.7 Å². The van der Waals surface area contributed by atoms with Gasteiger partial charge in [0, 0.05) is 5.92 Å². The molecular weight excluding hydrogens is 566 g/mol. The predicted molar refractivity (Wildman–Crippen MR) is 177 cm³/mol. The zero-order valence-corrected chi connectivity index (χ0v) is 27.7. The minimum absolute atomic E-state index is 0.0838. The molecule has 0 spiro atoms. The molecule has 1 heterocycles. The van der Waals surface area contributed by atoms with Crippen LogP contribution in [0.5, 0.6) is 0 Å². The van der Waals surface area contributed by atoms with Crippen molar-refractivity contribution in [3.63, 3.8) is 0 Å². The number of hydrogen-bond acceptors (Lipinski definition) is 5. The fraction of sp³-hybridized carbons (Fsp3) is 0.568. The van der Waals surface area contributed by atoms with Crippen LogP contribution in [0.25, 0.3) is 0 Å². The van der Waals surface area contributed by atoms with Crippen molar-refractivity contribution in [1.29, 1.82) is 0 Å². The molecule has 1 aliphatic heterocycles. The van der Waals surface area contributed by atoms with Crippen LogP contribution in [0.15, 0.2) is 60.7 Å². The Bertz CT molecular complexity index is 1180. The number of nitrogens with one attached hydrogen (secondary N) is 3. The SMILES string of the molecule is CCCCCCCC[C@H](C)[C@@H]1CC(=O)N[C@@H](C(c2ccccc2)c2ccccc2)C(=O)N[C@@H](C)C(=O)N[C@H]([C@@H](C)CC)C(=O)O1. The number of benzene rings is 2. The van der Waals surface area contributed by atoms with Gasteiger partial charge in [0.15, 0.2) is 0 Å². The van der Waals surface area contributed by atoms with Crippen LogP contribution in [0, 0.1) is 11.8 Å². The molecule has 0 aromatic heterocycles. The van der Waals surface area contributed by atoms with Crippen LogP contribution in [0.3, 0.4) is 0 Å². The Hall–Kier alpha value is -3.68. The van der Waals surface area contributed by atoms with E-state index in [0.717, 1.165) is 36.8 Å². The van der Waals surface area contributed by atoms with E-state index in [0.29, 0.717) is 6.42 Å². The van der Waals surface area contributed by atoms with Crippen molar-refractivity contribution in [2.45, 2.75) is 123 Å². The van der Waals surface area contributed by atoms with E-state index in [4.69, 9.17) is 4.74 Å². The Morgan fingerprint density at radius 1 is 0.711 bits per heavy atom. The molecule has 3 rings (SSSR count). The lowest BCUT2D eigenvalue weighted by Gasteiger charge is -2.30. The standard InChI is InChI=1S/C37H53N3O5/c1-6-8-9-10-11-14-19-26(4)30-24-31(41)39-34(32(28-20-15-12-16-21-28)29-22-17-13-18-23-29)36(43)38-27(5)35(42)40-33(25(3)7-2)37(44)45-30/h12-13,15-18,20-23,25-27,30,32-34H,6-11,14,19,24H2,1-5H3,(H,38,43)(H,39,41)(H,40,42)/t25-,26-,27-,30-,33+,34-/m0/s1. The second kappa shape index (κ2) is 18.3. The van der Waals surface area contributed by atoms with E-state index in [9.17, 15) is 19.2 Å². The molecule has 3 N–H and O–H groups in total. The summed E-state index contributed by atoms with van der Waals surface area (Å²) in [5.41, 5.74) is 1.70. The molecular formula is C37H53N3O5. The van der Waals surface area contributed by atoms with Crippen molar-refractivity contribution >= 4 is 23.7 Å². The lowest BCUT2D eigenvalue weighted by Crippen LogP contribution is -2.56. The molecule has 6 atom stereocenters. The monoisotopic (exact) mass is 619 g/mol. The minimum Gasteiger partial charge on any atom is -0.460 e. The number of carbonyl (C=O) groups is 4. The maximum atomic E-state index is 14.0. The van der Waals surface area contributed by atoms with Crippen molar-refractivity contribution in [3.8, 4) is 0 Å². The third-order valence-electron chi connectivity index (χ3n) is 9.07. The highest BCUT2D eigenvalue weighted by molar-refractivity contribution is 5.94. The van der Waals surface area contributed by atoms with Gasteiger partial charge in [-0.15, -0.1) is 0 Å². The quantitative estimate of drug-likeness (QED) is 0.187. The highest BCUT2D eigenvalue weighted by Crippen LogP contribution is 2.29. The molecule has 1 saturated heterocycles. The molecule has 0 aliphatic carbocycles. The Labute approximate surface area is 269 Å². The fourth-order valence-corrected chi connectivity index (χ4v) is 5.94. The van der Waals surface area contributed by atoms with Crippen LogP contribution >= 0.6 is 0 Å². The summed E-state index contributed by atoms with van der Waals surface area (Å²) in [6.07, 6.45) is 7.47. The smallest absolute Gasteiger partial charge is 0.329 e. The predicted octanol–water partition coefficient (Wildman–Crippen LogP) is 6.04. The number of esters is 1. The van der Waals surface area contributed by atoms with Gasteiger partial charge in [0.05, 0.1) is 6.42 Å². The maximum Gasteiger partial charge on any atom is 0.329 e. The van der Waals surface area contributed by atoms with Crippen LogP contribution < -0.4 is 16.0 Å². The summed E-state index contributed by atoms with van der Waals surface area (Å²) in [7, 11) is 0. The van der Waals surface area contributed by atoms with E-state index in [1.165, 1.54) is 19.3 Å². The lowest BCUT2D eigenvalue weighted by atomic mass is 9.84. The molecule has 8 nitrogen and oxygen atoms in total. The largest absolute Gasteiger partial charge is 0.460 e. The van der Waals surface area contributed by atoms with Crippen LogP contribution in [-0.4, -0.2) is 47.9 Å². The van der Waals surface area contributed by atoms with E-state index in [-0.39, 0.29) is 24.2 Å². The zero-order valence-electron chi connectivity index (χ0n) is 27.7. The van der Waals surface area contributed by atoms with Crippen molar-refractivity contribution in [3.05, 3.63) is 71.8 Å². The molecule has 8 heteroatoms. The number of rotatable bonds is 13. The van der Waals surface area contributed by atoms with Gasteiger partial charge in [0.25, 0.3) is 0 Å². The van der Waals surface area contributed by atoms with Gasteiger partial charge >= 0.3 is 5.97 Å². The van der Waals surface area contributed by atoms with Crippen LogP contribution in [0.1, 0.15) is 109 Å². The highest BCUT2D eigenvalue weighted by atomic mass is 16.5. The first-order valence-electron chi connectivity index (χ1n) is 16.9. The third kappa shape index (κ3) is 10.7. The topological polar surface area (TPSA) is 114 Å². The Morgan fingerprint density at radius 3 is 1.87 bits per heavy atom. The van der Waals surface area contributed by atoms with E-state index >= 15 is 0 Å². The van der Waals surface area contributed by atoms with Crippen molar-refractivity contribution in [2.75, 3.05) is 0 Å². The molecule has 0 saturated carbocycles. The first-order chi connectivity index (χ1) is 21.7. The molecule has 0 radical (unpaired) electrons. The zero-order chi connectivity index (χ0) is 32.8. The molecule has 45 heavy (non-hydrogen) atoms. The Balaban J connectivity index is 1.98. The van der Waals surface area contributed by atoms with Gasteiger partial charge in [-0.25, -0.2) is 4.79 Å². The summed E-state index contributed by atoms with van der Waals surface area (Å²) in [5.74, 6) is -2.71. The Kier molecular flexibility index (Phi) is 14.6. The average Bonchev–Trinajstić information content (AvgIpc) is 3.04. The first-order valence-corrected chi connectivity index (χ1v) is 16.9. The van der Waals surface area contributed by atoms with Gasteiger partial charge in [0.1, 0.15) is 24.2 Å². The van der Waals surface area contributed by atoms with Crippen molar-refractivity contribution in [2.24, 2.45) is 11.8 Å². The summed E-state index contributed by atoms with van der Waals surface area (Å²) < 4.78 is 6.08. The van der Waals surface area contributed by atoms with E-state index < -0.39 is 47.9 Å². The molecule has 0 unspecified atom stereocenters. The van der Waals surface area contributed by atoms with Gasteiger partial charge in [-0.2, -0.15) is 0 Å². The molecule has 2 aromatic carbocycles. The number of carbonyl (C=O) groups excluding carboxylic acids is 4. The average molecular weight is 620 g/mol. The fourth-order valence-electron chi connectivity index (χ4n) is 5.94. The highest BCUT2D eigenvalue weighted by Gasteiger charge is 2.38. The molecule has 1 fully saturated rings. The lowest BCUT2D eigenvalue weighted by molar-refractivity contribution is -0.158. The molecule has 2 aromatic rings. The molecule has 0 bridgehead atoms. The maximum absolute atomic E-state index is 14.0. The van der Waals surface area contributed by atoms with E-state index in [1.807, 2.05) is 81.4 Å². The van der Waals surface area contributed by atoms with Crippen LogP contribution in [0.2, 0.25) is 0 Å². The summed E-state index contributed by atoms with van der Waals surface area (Å²) in [6, 6.07) is 16.2. The third-order valence-corrected chi connectivity index (χ3v) is 9.07. The summed E-state index contributed by atoms with van der Waals surface area (Å²) in [5, 5.41) is 8.66. The number of ether oxygens (including phenoxy) is 1. The van der Waals surface area contributed by atoms with Crippen molar-refractivity contribution < 1.29 is 23.9 Å². The van der Waals surface area contributed by atoms with Gasteiger partial charge in [-0.3, -0.25) is 14.4 Å². The van der Waals surface area contributed by atoms with Gasteiger partial charge in [-0.1, -0.05) is 133 Å². The first kappa shape index (κ1) is 35.8. The van der Waals surface area contributed by atoms with Crippen molar-refractivity contribution in [1.82, 2.24) is 16.0 Å². The number of unbranched alkanes of at least 4 members (excludes halogenated alkanes) is 5. The van der Waals surface area contributed by atoms with Gasteiger partial charge < -0.3 is 20.7 Å². The van der Waals surface area contributed by atoms with E-state index in [1.54, 1.807) is 6.92 Å². The molecule has 246 valence electrons. The summed E-state index contributed by atoms with van der Waals surface area (Å²) in [4.78, 5) is 54.8.